The summed E-state index contributed by atoms with van der Waals surface area (Å²) in [6.45, 7) is 6.09. The Morgan fingerprint density at radius 3 is 2.57 bits per heavy atom. The summed E-state index contributed by atoms with van der Waals surface area (Å²) in [5.41, 5.74) is 2.84. The number of halogens is 1. The molecule has 3 amide bonds. The molecule has 2 N–H and O–H groups in total. The van der Waals surface area contributed by atoms with Crippen LogP contribution in [0.25, 0.3) is 0 Å². The first kappa shape index (κ1) is 25.0. The maximum Gasteiger partial charge on any atom is 0.243 e. The molecule has 2 heterocycles. The lowest BCUT2D eigenvalue weighted by Gasteiger charge is -2.39. The number of nitrogens with one attached hydrogen (secondary N) is 2. The van der Waals surface area contributed by atoms with E-state index in [0.29, 0.717) is 18.1 Å². The molecule has 2 aromatic rings. The molecule has 1 atom stereocenters. The first-order valence-electron chi connectivity index (χ1n) is 12.1. The number of anilines is 2. The second kappa shape index (κ2) is 11.6. The quantitative estimate of drug-likeness (QED) is 0.613. The van der Waals surface area contributed by atoms with Crippen LogP contribution < -0.4 is 15.5 Å². The van der Waals surface area contributed by atoms with Gasteiger partial charge >= 0.3 is 0 Å². The Balaban J connectivity index is 1.34. The molecule has 0 spiro atoms. The van der Waals surface area contributed by atoms with E-state index in [4.69, 9.17) is 11.6 Å². The maximum atomic E-state index is 13.2. The van der Waals surface area contributed by atoms with Crippen molar-refractivity contribution in [3.8, 4) is 0 Å². The fourth-order valence-corrected chi connectivity index (χ4v) is 4.85. The van der Waals surface area contributed by atoms with Gasteiger partial charge in [0.25, 0.3) is 0 Å². The van der Waals surface area contributed by atoms with Gasteiger partial charge in [-0.15, -0.1) is 0 Å². The molecular formula is C26H32ClN5O3. The summed E-state index contributed by atoms with van der Waals surface area (Å²) < 4.78 is 0. The number of rotatable bonds is 7. The number of carbonyl (C=O) groups excluding carboxylic acids is 3. The summed E-state index contributed by atoms with van der Waals surface area (Å²) in [7, 11) is 0. The Hall–Kier alpha value is -3.10. The normalized spacial score (nSPS) is 18.8. The van der Waals surface area contributed by atoms with Gasteiger partial charge in [-0.1, -0.05) is 42.8 Å². The minimum absolute atomic E-state index is 0.0713. The molecule has 2 aromatic carbocycles. The monoisotopic (exact) mass is 497 g/mol. The van der Waals surface area contributed by atoms with Gasteiger partial charge in [0.2, 0.25) is 17.7 Å². The van der Waals surface area contributed by atoms with Crippen LogP contribution in [0.5, 0.6) is 0 Å². The number of para-hydroxylation sites is 1. The Labute approximate surface area is 211 Å². The molecule has 186 valence electrons. The fourth-order valence-electron chi connectivity index (χ4n) is 4.66. The standard InChI is InChI=1S/C26H32ClN5O3/c1-2-19-6-3-4-9-22(19)29-24(33)17-23-26(35)28-10-11-32(23)25(34)18-30-12-14-31(15-13-30)21-8-5-7-20(27)16-21/h3-9,16,23H,2,10-15,17-18H2,1H3,(H,28,35)(H,29,33)/t23-/m1/s1. The Morgan fingerprint density at radius 2 is 1.83 bits per heavy atom. The number of carbonyl (C=O) groups is 3. The predicted molar refractivity (Wildman–Crippen MR) is 138 cm³/mol. The molecule has 0 aromatic heterocycles. The zero-order valence-corrected chi connectivity index (χ0v) is 20.8. The highest BCUT2D eigenvalue weighted by atomic mass is 35.5. The minimum atomic E-state index is -0.808. The van der Waals surface area contributed by atoms with Crippen molar-refractivity contribution < 1.29 is 14.4 Å². The van der Waals surface area contributed by atoms with Gasteiger partial charge in [-0.25, -0.2) is 0 Å². The van der Waals surface area contributed by atoms with Gasteiger partial charge in [0.15, 0.2) is 0 Å². The summed E-state index contributed by atoms with van der Waals surface area (Å²) in [4.78, 5) is 44.5. The van der Waals surface area contributed by atoms with E-state index in [9.17, 15) is 14.4 Å². The molecule has 0 unspecified atom stereocenters. The average Bonchev–Trinajstić information content (AvgIpc) is 2.86. The molecule has 4 rings (SSSR count). The Morgan fingerprint density at radius 1 is 1.06 bits per heavy atom. The van der Waals surface area contributed by atoms with Crippen LogP contribution in [0.4, 0.5) is 11.4 Å². The molecule has 2 aliphatic heterocycles. The van der Waals surface area contributed by atoms with Crippen LogP contribution in [-0.4, -0.2) is 79.4 Å². The first-order chi connectivity index (χ1) is 16.9. The van der Waals surface area contributed by atoms with Crippen molar-refractivity contribution in [2.75, 3.05) is 56.0 Å². The van der Waals surface area contributed by atoms with E-state index in [2.05, 4.69) is 20.4 Å². The molecule has 8 nitrogen and oxygen atoms in total. The molecular weight excluding hydrogens is 466 g/mol. The third kappa shape index (κ3) is 6.32. The third-order valence-electron chi connectivity index (χ3n) is 6.61. The Kier molecular flexibility index (Phi) is 8.25. The van der Waals surface area contributed by atoms with Crippen LogP contribution in [0.1, 0.15) is 18.9 Å². The van der Waals surface area contributed by atoms with Crippen LogP contribution in [-0.2, 0) is 20.8 Å². The van der Waals surface area contributed by atoms with Gasteiger partial charge in [-0.05, 0) is 36.2 Å². The highest BCUT2D eigenvalue weighted by Crippen LogP contribution is 2.21. The average molecular weight is 498 g/mol. The second-order valence-corrected chi connectivity index (χ2v) is 9.34. The van der Waals surface area contributed by atoms with Crippen LogP contribution in [0.3, 0.4) is 0 Å². The summed E-state index contributed by atoms with van der Waals surface area (Å²) in [5, 5.41) is 6.41. The van der Waals surface area contributed by atoms with Crippen molar-refractivity contribution >= 4 is 40.7 Å². The summed E-state index contributed by atoms with van der Waals surface area (Å²) in [6.07, 6.45) is 0.716. The lowest BCUT2D eigenvalue weighted by Crippen LogP contribution is -2.60. The van der Waals surface area contributed by atoms with Crippen molar-refractivity contribution in [2.24, 2.45) is 0 Å². The number of amides is 3. The Bertz CT molecular complexity index is 1070. The van der Waals surface area contributed by atoms with Crippen molar-refractivity contribution in [2.45, 2.75) is 25.8 Å². The summed E-state index contributed by atoms with van der Waals surface area (Å²) in [6, 6.07) is 14.6. The molecule has 0 bridgehead atoms. The smallest absolute Gasteiger partial charge is 0.243 e. The lowest BCUT2D eigenvalue weighted by molar-refractivity contribution is -0.145. The van der Waals surface area contributed by atoms with Gasteiger partial charge in [-0.3, -0.25) is 19.3 Å². The van der Waals surface area contributed by atoms with Crippen molar-refractivity contribution in [1.29, 1.82) is 0 Å². The number of piperazine rings is 2. The number of benzene rings is 2. The van der Waals surface area contributed by atoms with E-state index >= 15 is 0 Å². The third-order valence-corrected chi connectivity index (χ3v) is 6.84. The maximum absolute atomic E-state index is 13.2. The molecule has 2 fully saturated rings. The van der Waals surface area contributed by atoms with Gasteiger partial charge < -0.3 is 20.4 Å². The second-order valence-electron chi connectivity index (χ2n) is 8.90. The van der Waals surface area contributed by atoms with E-state index in [1.807, 2.05) is 55.5 Å². The highest BCUT2D eigenvalue weighted by Gasteiger charge is 2.35. The highest BCUT2D eigenvalue weighted by molar-refractivity contribution is 6.30. The molecule has 0 aliphatic carbocycles. The predicted octanol–water partition coefficient (Wildman–Crippen LogP) is 2.38. The fraction of sp³-hybridized carbons (Fsp3) is 0.423. The van der Waals surface area contributed by atoms with Crippen LogP contribution in [0, 0.1) is 0 Å². The van der Waals surface area contributed by atoms with Crippen molar-refractivity contribution in [1.82, 2.24) is 15.1 Å². The summed E-state index contributed by atoms with van der Waals surface area (Å²) in [5.74, 6) is -0.682. The van der Waals surface area contributed by atoms with E-state index in [1.165, 1.54) is 0 Å². The summed E-state index contributed by atoms with van der Waals surface area (Å²) >= 11 is 6.12. The number of aryl methyl sites for hydroxylation is 1. The van der Waals surface area contributed by atoms with Crippen LogP contribution >= 0.6 is 11.6 Å². The molecule has 35 heavy (non-hydrogen) atoms. The SMILES string of the molecule is CCc1ccccc1NC(=O)C[C@@H]1C(=O)NCCN1C(=O)CN1CCN(c2cccc(Cl)c2)CC1. The zero-order valence-electron chi connectivity index (χ0n) is 20.0. The molecule has 9 heteroatoms. The molecule has 2 aliphatic rings. The van der Waals surface area contributed by atoms with Crippen molar-refractivity contribution in [3.63, 3.8) is 0 Å². The van der Waals surface area contributed by atoms with E-state index < -0.39 is 6.04 Å². The lowest BCUT2D eigenvalue weighted by atomic mass is 10.1. The van der Waals surface area contributed by atoms with E-state index in [1.54, 1.807) is 4.90 Å². The van der Waals surface area contributed by atoms with Gasteiger partial charge in [0, 0.05) is 55.7 Å². The largest absolute Gasteiger partial charge is 0.369 e. The van der Waals surface area contributed by atoms with Gasteiger partial charge in [0.05, 0.1) is 13.0 Å². The molecule has 2 saturated heterocycles. The van der Waals surface area contributed by atoms with Gasteiger partial charge in [-0.2, -0.15) is 0 Å². The van der Waals surface area contributed by atoms with Gasteiger partial charge in [0.1, 0.15) is 6.04 Å². The van der Waals surface area contributed by atoms with Crippen LogP contribution in [0.15, 0.2) is 48.5 Å². The zero-order chi connectivity index (χ0) is 24.8. The molecule has 0 saturated carbocycles. The van der Waals surface area contributed by atoms with E-state index in [0.717, 1.165) is 49.5 Å². The topological polar surface area (TPSA) is 85.0 Å². The van der Waals surface area contributed by atoms with E-state index in [-0.39, 0.29) is 30.7 Å². The van der Waals surface area contributed by atoms with Crippen LogP contribution in [0.2, 0.25) is 5.02 Å². The number of hydrogen-bond donors (Lipinski definition) is 2. The number of hydrogen-bond acceptors (Lipinski definition) is 5. The molecule has 0 radical (unpaired) electrons. The minimum Gasteiger partial charge on any atom is -0.369 e. The van der Waals surface area contributed by atoms with Crippen molar-refractivity contribution in [3.05, 3.63) is 59.1 Å². The first-order valence-corrected chi connectivity index (χ1v) is 12.5. The number of nitrogens with zero attached hydrogens (tertiary/aromatic N) is 3.